The summed E-state index contributed by atoms with van der Waals surface area (Å²) in [6.45, 7) is 1.60. The molecule has 1 saturated carbocycles. The minimum atomic E-state index is 0.172. The molecule has 1 aliphatic rings. The maximum absolute atomic E-state index is 11.0. The number of carbonyl (C=O) groups excluding carboxylic acids is 1. The topological polar surface area (TPSA) is 47.3 Å². The van der Waals surface area contributed by atoms with Crippen molar-refractivity contribution in [3.8, 4) is 0 Å². The third-order valence-corrected chi connectivity index (χ3v) is 2.90. The number of rotatable bonds is 3. The summed E-state index contributed by atoms with van der Waals surface area (Å²) >= 11 is 0. The van der Waals surface area contributed by atoms with Crippen molar-refractivity contribution >= 4 is 11.4 Å². The van der Waals surface area contributed by atoms with Crippen LogP contribution in [0.3, 0.4) is 0 Å². The van der Waals surface area contributed by atoms with Gasteiger partial charge in [0.2, 0.25) is 0 Å². The highest BCUT2D eigenvalue weighted by Gasteiger charge is 2.28. The standard InChI is InChI=1S/C12H13N3O/c1-8(16)6-9-4-5-15-11(7-9)13-14-12(15)10-2-3-10/h4-5,7,10H,2-3,6H2,1H3. The molecule has 1 aliphatic carbocycles. The molecule has 2 aromatic heterocycles. The Morgan fingerprint density at radius 2 is 2.31 bits per heavy atom. The second-order valence-electron chi connectivity index (χ2n) is 4.47. The van der Waals surface area contributed by atoms with Crippen molar-refractivity contribution in [2.75, 3.05) is 0 Å². The molecule has 3 rings (SSSR count). The fourth-order valence-electron chi connectivity index (χ4n) is 1.97. The van der Waals surface area contributed by atoms with Crippen molar-refractivity contribution in [1.29, 1.82) is 0 Å². The van der Waals surface area contributed by atoms with Crippen molar-refractivity contribution in [3.63, 3.8) is 0 Å². The molecule has 1 fully saturated rings. The van der Waals surface area contributed by atoms with E-state index in [2.05, 4.69) is 10.2 Å². The number of aromatic nitrogens is 3. The van der Waals surface area contributed by atoms with Gasteiger partial charge in [-0.05, 0) is 37.5 Å². The summed E-state index contributed by atoms with van der Waals surface area (Å²) in [4.78, 5) is 11.0. The Morgan fingerprint density at radius 3 is 3.00 bits per heavy atom. The van der Waals surface area contributed by atoms with Crippen LogP contribution in [0.25, 0.3) is 5.65 Å². The third-order valence-electron chi connectivity index (χ3n) is 2.90. The monoisotopic (exact) mass is 215 g/mol. The van der Waals surface area contributed by atoms with Crippen LogP contribution in [0.15, 0.2) is 18.3 Å². The SMILES string of the molecule is CC(=O)Cc1ccn2c(C3CC3)nnc2c1. The lowest BCUT2D eigenvalue weighted by Crippen LogP contribution is -1.98. The zero-order valence-electron chi connectivity index (χ0n) is 9.18. The Morgan fingerprint density at radius 1 is 1.50 bits per heavy atom. The van der Waals surface area contributed by atoms with Crippen LogP contribution in [-0.2, 0) is 11.2 Å². The average molecular weight is 215 g/mol. The van der Waals surface area contributed by atoms with Crippen LogP contribution >= 0.6 is 0 Å². The van der Waals surface area contributed by atoms with E-state index in [0.717, 1.165) is 17.0 Å². The van der Waals surface area contributed by atoms with E-state index >= 15 is 0 Å². The zero-order valence-corrected chi connectivity index (χ0v) is 9.18. The molecule has 0 amide bonds. The molecule has 16 heavy (non-hydrogen) atoms. The Labute approximate surface area is 93.3 Å². The van der Waals surface area contributed by atoms with Gasteiger partial charge in [-0.2, -0.15) is 0 Å². The van der Waals surface area contributed by atoms with Crippen LogP contribution < -0.4 is 0 Å². The Balaban J connectivity index is 2.02. The van der Waals surface area contributed by atoms with Gasteiger partial charge in [0.15, 0.2) is 5.65 Å². The first-order chi connectivity index (χ1) is 7.74. The molecule has 2 heterocycles. The molecule has 4 heteroatoms. The minimum absolute atomic E-state index is 0.172. The fourth-order valence-corrected chi connectivity index (χ4v) is 1.97. The van der Waals surface area contributed by atoms with Gasteiger partial charge in [0.05, 0.1) is 0 Å². The highest BCUT2D eigenvalue weighted by Crippen LogP contribution is 2.38. The largest absolute Gasteiger partial charge is 0.300 e. The second kappa shape index (κ2) is 3.40. The van der Waals surface area contributed by atoms with Gasteiger partial charge in [0.25, 0.3) is 0 Å². The van der Waals surface area contributed by atoms with Crippen molar-refractivity contribution < 1.29 is 4.79 Å². The maximum atomic E-state index is 11.0. The molecule has 0 N–H and O–H groups in total. The zero-order chi connectivity index (χ0) is 11.1. The summed E-state index contributed by atoms with van der Waals surface area (Å²) in [5.41, 5.74) is 1.86. The summed E-state index contributed by atoms with van der Waals surface area (Å²) < 4.78 is 2.03. The van der Waals surface area contributed by atoms with E-state index in [-0.39, 0.29) is 5.78 Å². The summed E-state index contributed by atoms with van der Waals surface area (Å²) in [6, 6.07) is 3.92. The van der Waals surface area contributed by atoms with Crippen molar-refractivity contribution in [2.24, 2.45) is 0 Å². The molecule has 4 nitrogen and oxygen atoms in total. The summed E-state index contributed by atoms with van der Waals surface area (Å²) in [7, 11) is 0. The predicted molar refractivity (Wildman–Crippen MR) is 59.3 cm³/mol. The highest BCUT2D eigenvalue weighted by atomic mass is 16.1. The lowest BCUT2D eigenvalue weighted by Gasteiger charge is -2.00. The first-order valence-electron chi connectivity index (χ1n) is 5.57. The van der Waals surface area contributed by atoms with Gasteiger partial charge in [-0.1, -0.05) is 0 Å². The molecular formula is C12H13N3O. The van der Waals surface area contributed by atoms with Gasteiger partial charge in [0, 0.05) is 18.5 Å². The van der Waals surface area contributed by atoms with Crippen LogP contribution in [0.1, 0.15) is 37.1 Å². The van der Waals surface area contributed by atoms with E-state index < -0.39 is 0 Å². The van der Waals surface area contributed by atoms with Crippen LogP contribution in [0.2, 0.25) is 0 Å². The number of hydrogen-bond donors (Lipinski definition) is 0. The van der Waals surface area contributed by atoms with E-state index in [1.165, 1.54) is 12.8 Å². The van der Waals surface area contributed by atoms with E-state index in [1.807, 2.05) is 22.7 Å². The first kappa shape index (κ1) is 9.51. The van der Waals surface area contributed by atoms with Gasteiger partial charge >= 0.3 is 0 Å². The normalized spacial score (nSPS) is 15.6. The molecule has 0 aliphatic heterocycles. The molecule has 0 radical (unpaired) electrons. The Bertz CT molecular complexity index is 554. The quantitative estimate of drug-likeness (QED) is 0.783. The lowest BCUT2D eigenvalue weighted by atomic mass is 10.1. The fraction of sp³-hybridized carbons (Fsp3) is 0.417. The van der Waals surface area contributed by atoms with Gasteiger partial charge in [-0.25, -0.2) is 0 Å². The number of carbonyl (C=O) groups is 1. The third kappa shape index (κ3) is 1.60. The smallest absolute Gasteiger partial charge is 0.161 e. The minimum Gasteiger partial charge on any atom is -0.300 e. The first-order valence-corrected chi connectivity index (χ1v) is 5.57. The molecular weight excluding hydrogens is 202 g/mol. The number of hydrogen-bond acceptors (Lipinski definition) is 3. The number of nitrogens with zero attached hydrogens (tertiary/aromatic N) is 3. The number of Topliss-reactive ketones (excluding diaryl/α,β-unsaturated/α-hetero) is 1. The van der Waals surface area contributed by atoms with Crippen molar-refractivity contribution in [3.05, 3.63) is 29.7 Å². The van der Waals surface area contributed by atoms with E-state index in [4.69, 9.17) is 0 Å². The van der Waals surface area contributed by atoms with E-state index in [9.17, 15) is 4.79 Å². The molecule has 82 valence electrons. The van der Waals surface area contributed by atoms with Crippen molar-refractivity contribution in [1.82, 2.24) is 14.6 Å². The number of ketones is 1. The van der Waals surface area contributed by atoms with Crippen LogP contribution in [0, 0.1) is 0 Å². The van der Waals surface area contributed by atoms with E-state index in [0.29, 0.717) is 12.3 Å². The molecule has 0 atom stereocenters. The number of pyridine rings is 1. The molecule has 0 saturated heterocycles. The number of fused-ring (bicyclic) bond motifs is 1. The molecule has 0 bridgehead atoms. The van der Waals surface area contributed by atoms with Gasteiger partial charge < -0.3 is 0 Å². The van der Waals surface area contributed by atoms with Crippen LogP contribution in [0.5, 0.6) is 0 Å². The summed E-state index contributed by atoms with van der Waals surface area (Å²) in [6.07, 6.45) is 4.88. The molecule has 2 aromatic rings. The average Bonchev–Trinajstić information content (AvgIpc) is 2.98. The summed E-state index contributed by atoms with van der Waals surface area (Å²) in [5.74, 6) is 1.82. The molecule has 0 spiro atoms. The van der Waals surface area contributed by atoms with Crippen molar-refractivity contribution in [2.45, 2.75) is 32.1 Å². The summed E-state index contributed by atoms with van der Waals surface area (Å²) in [5, 5.41) is 8.36. The molecule has 0 aromatic carbocycles. The maximum Gasteiger partial charge on any atom is 0.161 e. The predicted octanol–water partition coefficient (Wildman–Crippen LogP) is 1.74. The Kier molecular flexibility index (Phi) is 2.02. The van der Waals surface area contributed by atoms with Gasteiger partial charge in [-0.3, -0.25) is 9.20 Å². The second-order valence-corrected chi connectivity index (χ2v) is 4.47. The molecule has 0 unspecified atom stereocenters. The lowest BCUT2D eigenvalue weighted by molar-refractivity contribution is -0.116. The van der Waals surface area contributed by atoms with E-state index in [1.54, 1.807) is 6.92 Å². The highest BCUT2D eigenvalue weighted by molar-refractivity contribution is 5.78. The Hall–Kier alpha value is -1.71. The van der Waals surface area contributed by atoms with Crippen LogP contribution in [0.4, 0.5) is 0 Å². The van der Waals surface area contributed by atoms with Gasteiger partial charge in [-0.15, -0.1) is 10.2 Å². The van der Waals surface area contributed by atoms with Gasteiger partial charge in [0.1, 0.15) is 11.6 Å². The van der Waals surface area contributed by atoms with Crippen LogP contribution in [-0.4, -0.2) is 20.4 Å².